The molecule has 2 aromatic carbocycles. The summed E-state index contributed by atoms with van der Waals surface area (Å²) in [5, 5.41) is 0. The van der Waals surface area contributed by atoms with Gasteiger partial charge in [-0.25, -0.2) is 22.0 Å². The average molecular weight is 655 g/mol. The van der Waals surface area contributed by atoms with Crippen molar-refractivity contribution in [3.8, 4) is 0 Å². The van der Waals surface area contributed by atoms with Crippen LogP contribution in [0.1, 0.15) is 126 Å². The Hall–Kier alpha value is -2.09. The van der Waals surface area contributed by atoms with Crippen molar-refractivity contribution < 1.29 is 35.5 Å². The number of halogens is 7. The fourth-order valence-electron chi connectivity index (χ4n) is 8.71. The highest BCUT2D eigenvalue weighted by atomic mass is 19.3. The Balaban J connectivity index is 1.06. The maximum atomic E-state index is 15.1. The standard InChI is InChI=1S/C38H49F7O/c1-2-3-4-5-24-6-9-26(10-7-24)27-11-13-28(14-12-27)29-15-17-31(18-16-29)46-38(44,45)30-22-33(39)32(34(40)23-30)19-8-25-20-35(41)37(43)36(42)21-25/h20-24,26-29,31H,2-19H2,1H3. The van der Waals surface area contributed by atoms with Crippen molar-refractivity contribution in [2.24, 2.45) is 29.6 Å². The summed E-state index contributed by atoms with van der Waals surface area (Å²) in [6.45, 7) is 2.26. The van der Waals surface area contributed by atoms with Gasteiger partial charge in [-0.2, -0.15) is 8.78 Å². The summed E-state index contributed by atoms with van der Waals surface area (Å²) >= 11 is 0. The number of aryl methyl sites for hydroxylation is 1. The molecule has 1 nitrogen and oxygen atoms in total. The van der Waals surface area contributed by atoms with Crippen LogP contribution in [0.5, 0.6) is 0 Å². The molecule has 0 atom stereocenters. The van der Waals surface area contributed by atoms with Crippen molar-refractivity contribution in [2.45, 2.75) is 135 Å². The first kappa shape index (κ1) is 35.2. The average Bonchev–Trinajstić information content (AvgIpc) is 3.04. The molecule has 3 aliphatic rings. The molecule has 3 aliphatic carbocycles. The van der Waals surface area contributed by atoms with Crippen LogP contribution in [0.15, 0.2) is 24.3 Å². The Kier molecular flexibility index (Phi) is 12.2. The molecule has 0 aromatic heterocycles. The van der Waals surface area contributed by atoms with Crippen LogP contribution in [-0.4, -0.2) is 6.10 Å². The SMILES string of the molecule is CCCCCC1CCC(C2CCC(C3CCC(OC(F)(F)c4cc(F)c(CCc5cc(F)c(F)c(F)c5)c(F)c4)CC3)CC2)CC1. The second kappa shape index (κ2) is 15.9. The van der Waals surface area contributed by atoms with Crippen LogP contribution >= 0.6 is 0 Å². The zero-order valence-corrected chi connectivity index (χ0v) is 27.1. The second-order valence-corrected chi connectivity index (χ2v) is 14.4. The second-order valence-electron chi connectivity index (χ2n) is 14.4. The van der Waals surface area contributed by atoms with Crippen LogP contribution in [0.3, 0.4) is 0 Å². The molecule has 3 saturated carbocycles. The molecule has 8 heteroatoms. The maximum absolute atomic E-state index is 15.1. The highest BCUT2D eigenvalue weighted by molar-refractivity contribution is 5.30. The predicted octanol–water partition coefficient (Wildman–Crippen LogP) is 12.0. The van der Waals surface area contributed by atoms with Gasteiger partial charge in [-0.05, 0) is 136 Å². The maximum Gasteiger partial charge on any atom is 0.383 e. The largest absolute Gasteiger partial charge is 0.383 e. The van der Waals surface area contributed by atoms with Crippen molar-refractivity contribution in [1.82, 2.24) is 0 Å². The van der Waals surface area contributed by atoms with Gasteiger partial charge >= 0.3 is 6.11 Å². The van der Waals surface area contributed by atoms with Gasteiger partial charge in [0.2, 0.25) is 0 Å². The third-order valence-corrected chi connectivity index (χ3v) is 11.5. The predicted molar refractivity (Wildman–Crippen MR) is 166 cm³/mol. The zero-order valence-electron chi connectivity index (χ0n) is 27.1. The minimum atomic E-state index is -3.87. The number of hydrogen-bond acceptors (Lipinski definition) is 1. The Morgan fingerprint density at radius 2 is 1.09 bits per heavy atom. The van der Waals surface area contributed by atoms with E-state index < -0.39 is 52.4 Å². The van der Waals surface area contributed by atoms with Gasteiger partial charge in [-0.1, -0.05) is 45.4 Å². The number of rotatable bonds is 12. The van der Waals surface area contributed by atoms with E-state index >= 15 is 8.78 Å². The fraction of sp³-hybridized carbons (Fsp3) is 0.684. The molecule has 3 fully saturated rings. The smallest absolute Gasteiger partial charge is 0.313 e. The quantitative estimate of drug-likeness (QED) is 0.126. The summed E-state index contributed by atoms with van der Waals surface area (Å²) in [4.78, 5) is 0. The van der Waals surface area contributed by atoms with E-state index in [1.807, 2.05) is 0 Å². The lowest BCUT2D eigenvalue weighted by Gasteiger charge is -2.41. The van der Waals surface area contributed by atoms with E-state index in [1.54, 1.807) is 0 Å². The first-order chi connectivity index (χ1) is 22.0. The van der Waals surface area contributed by atoms with Gasteiger partial charge in [0.25, 0.3) is 0 Å². The van der Waals surface area contributed by atoms with Crippen LogP contribution in [-0.2, 0) is 23.7 Å². The van der Waals surface area contributed by atoms with Gasteiger partial charge < -0.3 is 4.74 Å². The van der Waals surface area contributed by atoms with Crippen LogP contribution in [0.25, 0.3) is 0 Å². The third kappa shape index (κ3) is 8.87. The topological polar surface area (TPSA) is 9.23 Å². The van der Waals surface area contributed by atoms with Crippen molar-refractivity contribution in [3.05, 3.63) is 70.0 Å². The van der Waals surface area contributed by atoms with E-state index in [4.69, 9.17) is 4.74 Å². The monoisotopic (exact) mass is 654 g/mol. The number of benzene rings is 2. The summed E-state index contributed by atoms with van der Waals surface area (Å²) in [6, 6.07) is 2.61. The molecule has 5 rings (SSSR count). The first-order valence-electron chi connectivity index (χ1n) is 17.7. The summed E-state index contributed by atoms with van der Waals surface area (Å²) < 4.78 is 105. The van der Waals surface area contributed by atoms with E-state index in [-0.39, 0.29) is 18.4 Å². The van der Waals surface area contributed by atoms with E-state index in [2.05, 4.69) is 6.92 Å². The summed E-state index contributed by atoms with van der Waals surface area (Å²) in [6.07, 6.45) is 13.5. The molecular weight excluding hydrogens is 605 g/mol. The number of alkyl halides is 2. The Morgan fingerprint density at radius 3 is 1.59 bits per heavy atom. The van der Waals surface area contributed by atoms with E-state index in [1.165, 1.54) is 77.0 Å². The lowest BCUT2D eigenvalue weighted by Crippen LogP contribution is -2.33. The van der Waals surface area contributed by atoms with Crippen molar-refractivity contribution in [2.75, 3.05) is 0 Å². The van der Waals surface area contributed by atoms with E-state index in [9.17, 15) is 22.0 Å². The molecule has 0 amide bonds. The summed E-state index contributed by atoms with van der Waals surface area (Å²) in [7, 11) is 0. The minimum absolute atomic E-state index is 0.00741. The zero-order chi connectivity index (χ0) is 32.8. The highest BCUT2D eigenvalue weighted by Crippen LogP contribution is 2.47. The lowest BCUT2D eigenvalue weighted by molar-refractivity contribution is -0.278. The first-order valence-corrected chi connectivity index (χ1v) is 17.7. The molecule has 0 spiro atoms. The molecule has 46 heavy (non-hydrogen) atoms. The van der Waals surface area contributed by atoms with Gasteiger partial charge in [0, 0.05) is 5.56 Å². The van der Waals surface area contributed by atoms with Gasteiger partial charge in [-0.3, -0.25) is 0 Å². The van der Waals surface area contributed by atoms with Crippen molar-refractivity contribution >= 4 is 0 Å². The minimum Gasteiger partial charge on any atom is -0.313 e. The highest BCUT2D eigenvalue weighted by Gasteiger charge is 2.40. The van der Waals surface area contributed by atoms with E-state index in [0.717, 1.165) is 42.7 Å². The Morgan fingerprint density at radius 1 is 0.609 bits per heavy atom. The molecule has 0 N–H and O–H groups in total. The summed E-state index contributed by atoms with van der Waals surface area (Å²) in [5.74, 6) is -3.04. The summed E-state index contributed by atoms with van der Waals surface area (Å²) in [5.41, 5.74) is -1.40. The number of hydrogen-bond donors (Lipinski definition) is 0. The van der Waals surface area contributed by atoms with Gasteiger partial charge in [0.1, 0.15) is 11.6 Å². The van der Waals surface area contributed by atoms with Crippen LogP contribution in [0, 0.1) is 58.7 Å². The molecule has 0 heterocycles. The number of ether oxygens (including phenoxy) is 1. The van der Waals surface area contributed by atoms with Gasteiger partial charge in [-0.15, -0.1) is 0 Å². The molecule has 256 valence electrons. The molecule has 0 saturated heterocycles. The Labute approximate surface area is 269 Å². The molecule has 0 radical (unpaired) electrons. The molecule has 2 aromatic rings. The Bertz CT molecular complexity index is 1230. The lowest BCUT2D eigenvalue weighted by atomic mass is 9.65. The van der Waals surface area contributed by atoms with Crippen LogP contribution < -0.4 is 0 Å². The molecule has 0 aliphatic heterocycles. The fourth-order valence-corrected chi connectivity index (χ4v) is 8.71. The van der Waals surface area contributed by atoms with Crippen molar-refractivity contribution in [1.29, 1.82) is 0 Å². The third-order valence-electron chi connectivity index (χ3n) is 11.5. The van der Waals surface area contributed by atoms with Crippen molar-refractivity contribution in [3.63, 3.8) is 0 Å². The van der Waals surface area contributed by atoms with Crippen LogP contribution in [0.4, 0.5) is 30.7 Å². The number of unbranched alkanes of at least 4 members (excludes halogenated alkanes) is 2. The van der Waals surface area contributed by atoms with E-state index in [0.29, 0.717) is 36.8 Å². The normalized spacial score (nSPS) is 27.6. The molecular formula is C38H49F7O. The van der Waals surface area contributed by atoms with Gasteiger partial charge in [0.05, 0.1) is 11.7 Å². The van der Waals surface area contributed by atoms with Crippen LogP contribution in [0.2, 0.25) is 0 Å². The molecule has 0 bridgehead atoms. The van der Waals surface area contributed by atoms with Gasteiger partial charge in [0.15, 0.2) is 17.5 Å². The molecule has 0 unspecified atom stereocenters.